The first-order valence-electron chi connectivity index (χ1n) is 6.25. The van der Waals surface area contributed by atoms with Gasteiger partial charge in [-0.25, -0.2) is 3.63 Å². The van der Waals surface area contributed by atoms with Crippen LogP contribution in [0.5, 0.6) is 0 Å². The lowest BCUT2D eigenvalue weighted by molar-refractivity contribution is -0.0495. The summed E-state index contributed by atoms with van der Waals surface area (Å²) in [6.45, 7) is 2.10. The van der Waals surface area contributed by atoms with Crippen molar-refractivity contribution in [3.63, 3.8) is 0 Å². The quantitative estimate of drug-likeness (QED) is 0.472. The van der Waals surface area contributed by atoms with E-state index >= 15 is 0 Å². The zero-order valence-electron chi connectivity index (χ0n) is 11.6. The summed E-state index contributed by atoms with van der Waals surface area (Å²) in [7, 11) is -7.69. The molecule has 0 unspecified atom stereocenters. The molecule has 0 aliphatic rings. The number of hydrogen-bond donors (Lipinski definition) is 0. The van der Waals surface area contributed by atoms with Crippen molar-refractivity contribution in [2.24, 2.45) is 0 Å². The van der Waals surface area contributed by atoms with E-state index in [9.17, 15) is 21.6 Å². The van der Waals surface area contributed by atoms with E-state index in [1.54, 1.807) is 0 Å². The number of alkyl halides is 3. The molecule has 0 aliphatic heterocycles. The molecule has 0 rings (SSSR count). The average Bonchev–Trinajstić information content (AvgIpc) is 2.20. The molecule has 0 heterocycles. The summed E-state index contributed by atoms with van der Waals surface area (Å²) in [5.41, 5.74) is -5.33. The zero-order chi connectivity index (χ0) is 15.2. The molecule has 0 atom stereocenters. The van der Waals surface area contributed by atoms with Crippen molar-refractivity contribution in [2.75, 3.05) is 18.3 Å². The molecule has 0 spiro atoms. The van der Waals surface area contributed by atoms with Crippen LogP contribution >= 0.6 is 10.3 Å². The molecule has 0 aromatic rings. The zero-order valence-corrected chi connectivity index (χ0v) is 13.3. The Morgan fingerprint density at radius 3 is 1.89 bits per heavy atom. The van der Waals surface area contributed by atoms with Crippen LogP contribution in [-0.4, -0.2) is 32.2 Å². The van der Waals surface area contributed by atoms with Crippen molar-refractivity contribution >= 4 is 20.4 Å². The molecule has 0 aromatic carbocycles. The Bertz CT molecular complexity index is 351. The van der Waals surface area contributed by atoms with Gasteiger partial charge in [-0.1, -0.05) is 39.0 Å². The molecule has 0 saturated carbocycles. The van der Waals surface area contributed by atoms with E-state index in [0.29, 0.717) is 12.2 Å². The summed E-state index contributed by atoms with van der Waals surface area (Å²) in [4.78, 5) is 0. The standard InChI is InChI=1S/C11H23F3O3S2/c1-4-5-6-7-8-9-10-18(2,3)17-19(15,16)11(12,13)14/h4-10H2,1-3H3. The second-order valence-electron chi connectivity index (χ2n) is 4.88. The van der Waals surface area contributed by atoms with E-state index in [-0.39, 0.29) is 0 Å². The van der Waals surface area contributed by atoms with E-state index in [4.69, 9.17) is 0 Å². The molecule has 19 heavy (non-hydrogen) atoms. The summed E-state index contributed by atoms with van der Waals surface area (Å²) in [6, 6.07) is 0. The predicted octanol–water partition coefficient (Wildman–Crippen LogP) is 4.19. The van der Waals surface area contributed by atoms with E-state index in [1.807, 2.05) is 0 Å². The maximum Gasteiger partial charge on any atom is 0.523 e. The lowest BCUT2D eigenvalue weighted by atomic mass is 10.1. The smallest absolute Gasteiger partial charge is 0.214 e. The summed E-state index contributed by atoms with van der Waals surface area (Å²) in [5, 5.41) is 0. The Balaban J connectivity index is 4.13. The monoisotopic (exact) mass is 324 g/mol. The summed E-state index contributed by atoms with van der Waals surface area (Å²) < 4.78 is 62.8. The van der Waals surface area contributed by atoms with Gasteiger partial charge in [0.1, 0.15) is 0 Å². The van der Waals surface area contributed by atoms with E-state index in [0.717, 1.165) is 32.1 Å². The molecule has 0 amide bonds. The van der Waals surface area contributed by atoms with Gasteiger partial charge in [0.15, 0.2) is 0 Å². The lowest BCUT2D eigenvalue weighted by Crippen LogP contribution is -2.27. The number of unbranched alkanes of at least 4 members (excludes halogenated alkanes) is 5. The summed E-state index contributed by atoms with van der Waals surface area (Å²) >= 11 is 0. The van der Waals surface area contributed by atoms with Crippen molar-refractivity contribution in [1.82, 2.24) is 0 Å². The molecule has 0 fully saturated rings. The van der Waals surface area contributed by atoms with Gasteiger partial charge in [-0.3, -0.25) is 0 Å². The SMILES string of the molecule is CCCCCCCCS(C)(C)OS(=O)(=O)C(F)(F)F. The van der Waals surface area contributed by atoms with Crippen molar-refractivity contribution < 1.29 is 25.2 Å². The molecule has 0 radical (unpaired) electrons. The molecule has 0 saturated heterocycles. The Kier molecular flexibility index (Phi) is 7.75. The third-order valence-corrected chi connectivity index (χ3v) is 6.58. The second kappa shape index (κ2) is 7.73. The third kappa shape index (κ3) is 8.04. The maximum absolute atomic E-state index is 12.2. The Labute approximate surface area is 115 Å². The number of rotatable bonds is 9. The fourth-order valence-electron chi connectivity index (χ4n) is 1.55. The highest BCUT2D eigenvalue weighted by Gasteiger charge is 2.49. The molecule has 118 valence electrons. The maximum atomic E-state index is 12.2. The van der Waals surface area contributed by atoms with Crippen molar-refractivity contribution in [3.8, 4) is 0 Å². The van der Waals surface area contributed by atoms with E-state index in [1.165, 1.54) is 12.5 Å². The topological polar surface area (TPSA) is 43.4 Å². The Morgan fingerprint density at radius 1 is 0.947 bits per heavy atom. The fourth-order valence-corrected chi connectivity index (χ4v) is 4.97. The highest BCUT2D eigenvalue weighted by molar-refractivity contribution is 8.32. The van der Waals surface area contributed by atoms with Gasteiger partial charge in [-0.2, -0.15) is 21.6 Å². The minimum atomic E-state index is -5.47. The van der Waals surface area contributed by atoms with Crippen molar-refractivity contribution in [2.45, 2.75) is 51.0 Å². The van der Waals surface area contributed by atoms with Gasteiger partial charge in [0.2, 0.25) is 0 Å². The highest BCUT2D eigenvalue weighted by Crippen LogP contribution is 2.46. The van der Waals surface area contributed by atoms with Gasteiger partial charge in [-0.05, 0) is 24.7 Å². The molecule has 8 heteroatoms. The van der Waals surface area contributed by atoms with Gasteiger partial charge in [-0.15, -0.1) is 10.3 Å². The van der Waals surface area contributed by atoms with Crippen LogP contribution in [0.2, 0.25) is 0 Å². The lowest BCUT2D eigenvalue weighted by Gasteiger charge is -2.30. The van der Waals surface area contributed by atoms with Gasteiger partial charge in [0.05, 0.1) is 0 Å². The van der Waals surface area contributed by atoms with Crippen LogP contribution in [-0.2, 0) is 13.7 Å². The van der Waals surface area contributed by atoms with Crippen LogP contribution in [0, 0.1) is 0 Å². The van der Waals surface area contributed by atoms with Gasteiger partial charge < -0.3 is 0 Å². The minimum Gasteiger partial charge on any atom is -0.214 e. The molecular formula is C11H23F3O3S2. The van der Waals surface area contributed by atoms with Crippen LogP contribution in [0.25, 0.3) is 0 Å². The first-order valence-corrected chi connectivity index (χ1v) is 10.2. The van der Waals surface area contributed by atoms with Crippen LogP contribution in [0.1, 0.15) is 45.4 Å². The number of hydrogen-bond acceptors (Lipinski definition) is 3. The molecule has 0 aliphatic carbocycles. The van der Waals surface area contributed by atoms with Crippen LogP contribution in [0.15, 0.2) is 0 Å². The van der Waals surface area contributed by atoms with E-state index < -0.39 is 25.9 Å². The Hall–Kier alpha value is 0.0500. The van der Waals surface area contributed by atoms with Crippen molar-refractivity contribution in [1.29, 1.82) is 0 Å². The molecule has 0 N–H and O–H groups in total. The molecule has 0 aromatic heterocycles. The van der Waals surface area contributed by atoms with Gasteiger partial charge in [0.25, 0.3) is 0 Å². The minimum absolute atomic E-state index is 0.369. The summed E-state index contributed by atoms with van der Waals surface area (Å²) in [6.07, 6.45) is 8.89. The van der Waals surface area contributed by atoms with Gasteiger partial charge >= 0.3 is 15.6 Å². The van der Waals surface area contributed by atoms with Crippen LogP contribution in [0.4, 0.5) is 13.2 Å². The van der Waals surface area contributed by atoms with Crippen LogP contribution in [0.3, 0.4) is 0 Å². The second-order valence-corrected chi connectivity index (χ2v) is 10.1. The summed E-state index contributed by atoms with van der Waals surface area (Å²) in [5.74, 6) is 0.369. The Morgan fingerprint density at radius 2 is 1.42 bits per heavy atom. The first-order chi connectivity index (χ1) is 8.52. The van der Waals surface area contributed by atoms with E-state index in [2.05, 4.69) is 10.6 Å². The fraction of sp³-hybridized carbons (Fsp3) is 1.00. The van der Waals surface area contributed by atoms with Crippen molar-refractivity contribution in [3.05, 3.63) is 0 Å². The van der Waals surface area contributed by atoms with Crippen LogP contribution < -0.4 is 0 Å². The average molecular weight is 324 g/mol. The normalized spacial score (nSPS) is 14.6. The molecule has 3 nitrogen and oxygen atoms in total. The third-order valence-electron chi connectivity index (χ3n) is 2.55. The van der Waals surface area contributed by atoms with Gasteiger partial charge in [0, 0.05) is 0 Å². The largest absolute Gasteiger partial charge is 0.523 e. The molecular weight excluding hydrogens is 301 g/mol. The molecule has 0 bridgehead atoms. The highest BCUT2D eigenvalue weighted by atomic mass is 32.3. The predicted molar refractivity (Wildman–Crippen MR) is 73.7 cm³/mol. The first kappa shape index (κ1) is 19.1. The number of halogens is 3.